The van der Waals surface area contributed by atoms with Gasteiger partial charge in [0.05, 0.1) is 15.9 Å². The van der Waals surface area contributed by atoms with Crippen LogP contribution in [-0.2, 0) is 0 Å². The minimum Gasteiger partial charge on any atom is -0.292 e. The molecule has 0 spiro atoms. The standard InChI is InChI=1S/C24H15N3S/c1-2-11-19-18(10-1)23(22-14-7-15-28-22)25-26-24(19)27-20-12-5-3-8-16(20)17-9-4-6-13-21(17)27/h1-15H. The Morgan fingerprint density at radius 1 is 0.571 bits per heavy atom. The first-order valence-corrected chi connectivity index (χ1v) is 10.1. The second kappa shape index (κ2) is 6.01. The molecule has 0 aliphatic heterocycles. The van der Waals surface area contributed by atoms with Gasteiger partial charge in [0.15, 0.2) is 5.82 Å². The molecular weight excluding hydrogens is 362 g/mol. The Morgan fingerprint density at radius 2 is 1.18 bits per heavy atom. The van der Waals surface area contributed by atoms with Crippen LogP contribution >= 0.6 is 11.3 Å². The van der Waals surface area contributed by atoms with Crippen molar-refractivity contribution in [3.63, 3.8) is 0 Å². The number of nitrogens with zero attached hydrogens (tertiary/aromatic N) is 3. The van der Waals surface area contributed by atoms with Crippen molar-refractivity contribution in [2.45, 2.75) is 0 Å². The van der Waals surface area contributed by atoms with Gasteiger partial charge in [0.1, 0.15) is 5.69 Å². The Bertz CT molecular complexity index is 1410. The largest absolute Gasteiger partial charge is 0.292 e. The fraction of sp³-hybridized carbons (Fsp3) is 0. The molecule has 0 aliphatic rings. The van der Waals surface area contributed by atoms with E-state index in [0.717, 1.165) is 38.2 Å². The fourth-order valence-electron chi connectivity index (χ4n) is 4.00. The molecule has 4 heteroatoms. The van der Waals surface area contributed by atoms with Crippen LogP contribution in [0.25, 0.3) is 49.0 Å². The zero-order valence-corrected chi connectivity index (χ0v) is 15.7. The van der Waals surface area contributed by atoms with E-state index in [1.165, 1.54) is 10.8 Å². The molecular formula is C24H15N3S. The molecule has 132 valence electrons. The SMILES string of the molecule is c1csc(-c2nnc(-n3c4ccccc4c4ccccc43)c3ccccc23)c1. The average molecular weight is 377 g/mol. The van der Waals surface area contributed by atoms with Crippen LogP contribution in [0.5, 0.6) is 0 Å². The highest BCUT2D eigenvalue weighted by Crippen LogP contribution is 2.36. The zero-order valence-electron chi connectivity index (χ0n) is 14.9. The molecule has 0 unspecified atom stereocenters. The van der Waals surface area contributed by atoms with Gasteiger partial charge in [-0.2, -0.15) is 0 Å². The van der Waals surface area contributed by atoms with E-state index in [0.29, 0.717) is 0 Å². The molecule has 3 aromatic carbocycles. The molecule has 0 amide bonds. The number of rotatable bonds is 2. The number of hydrogen-bond acceptors (Lipinski definition) is 3. The van der Waals surface area contributed by atoms with E-state index in [9.17, 15) is 0 Å². The number of benzene rings is 3. The molecule has 0 saturated heterocycles. The Kier molecular flexibility index (Phi) is 3.34. The molecule has 3 heterocycles. The van der Waals surface area contributed by atoms with E-state index in [2.05, 4.69) is 100.0 Å². The monoisotopic (exact) mass is 377 g/mol. The minimum absolute atomic E-state index is 0.869. The highest BCUT2D eigenvalue weighted by Gasteiger charge is 2.17. The third-order valence-corrected chi connectivity index (χ3v) is 6.09. The molecule has 0 aliphatic carbocycles. The van der Waals surface area contributed by atoms with Gasteiger partial charge in [-0.05, 0) is 23.6 Å². The normalized spacial score (nSPS) is 11.6. The predicted molar refractivity (Wildman–Crippen MR) is 117 cm³/mol. The highest BCUT2D eigenvalue weighted by molar-refractivity contribution is 7.13. The Hall–Kier alpha value is -3.50. The third kappa shape index (κ3) is 2.15. The van der Waals surface area contributed by atoms with Crippen molar-refractivity contribution in [3.8, 4) is 16.4 Å². The Morgan fingerprint density at radius 3 is 1.82 bits per heavy atom. The van der Waals surface area contributed by atoms with E-state index in [1.807, 2.05) is 0 Å². The van der Waals surface area contributed by atoms with E-state index < -0.39 is 0 Å². The van der Waals surface area contributed by atoms with Gasteiger partial charge >= 0.3 is 0 Å². The van der Waals surface area contributed by atoms with Gasteiger partial charge in [-0.3, -0.25) is 4.57 Å². The number of fused-ring (bicyclic) bond motifs is 4. The van der Waals surface area contributed by atoms with Crippen molar-refractivity contribution >= 4 is 43.9 Å². The number of thiophene rings is 1. The maximum absolute atomic E-state index is 4.73. The lowest BCUT2D eigenvalue weighted by atomic mass is 10.1. The lowest BCUT2D eigenvalue weighted by Crippen LogP contribution is -2.02. The van der Waals surface area contributed by atoms with Crippen LogP contribution < -0.4 is 0 Å². The van der Waals surface area contributed by atoms with Gasteiger partial charge in [-0.15, -0.1) is 21.5 Å². The molecule has 6 aromatic rings. The lowest BCUT2D eigenvalue weighted by Gasteiger charge is -2.11. The van der Waals surface area contributed by atoms with Crippen LogP contribution in [0, 0.1) is 0 Å². The average Bonchev–Trinajstić information content (AvgIpc) is 3.40. The van der Waals surface area contributed by atoms with E-state index in [4.69, 9.17) is 5.10 Å². The van der Waals surface area contributed by atoms with Crippen molar-refractivity contribution < 1.29 is 0 Å². The summed E-state index contributed by atoms with van der Waals surface area (Å²) in [5, 5.41) is 16.1. The molecule has 0 bridgehead atoms. The van der Waals surface area contributed by atoms with Crippen molar-refractivity contribution in [1.29, 1.82) is 0 Å². The Balaban J connectivity index is 1.76. The Labute approximate surface area is 165 Å². The maximum Gasteiger partial charge on any atom is 0.168 e. The fourth-order valence-corrected chi connectivity index (χ4v) is 4.72. The van der Waals surface area contributed by atoms with Gasteiger partial charge in [-0.25, -0.2) is 0 Å². The van der Waals surface area contributed by atoms with Gasteiger partial charge in [-0.1, -0.05) is 66.7 Å². The summed E-state index contributed by atoms with van der Waals surface area (Å²) in [5.74, 6) is 0.869. The number of aromatic nitrogens is 3. The van der Waals surface area contributed by atoms with Crippen LogP contribution in [0.15, 0.2) is 90.3 Å². The molecule has 3 nitrogen and oxygen atoms in total. The van der Waals surface area contributed by atoms with Gasteiger partial charge < -0.3 is 0 Å². The molecule has 0 fully saturated rings. The van der Waals surface area contributed by atoms with E-state index >= 15 is 0 Å². The van der Waals surface area contributed by atoms with Crippen LogP contribution in [0.1, 0.15) is 0 Å². The van der Waals surface area contributed by atoms with Gasteiger partial charge in [0.25, 0.3) is 0 Å². The molecule has 0 N–H and O–H groups in total. The van der Waals surface area contributed by atoms with Crippen LogP contribution in [0.4, 0.5) is 0 Å². The predicted octanol–water partition coefficient (Wildman–Crippen LogP) is 6.46. The summed E-state index contributed by atoms with van der Waals surface area (Å²) < 4.78 is 2.23. The summed E-state index contributed by atoms with van der Waals surface area (Å²) in [6, 6.07) is 29.5. The first kappa shape index (κ1) is 15.5. The number of hydrogen-bond donors (Lipinski definition) is 0. The summed E-state index contributed by atoms with van der Waals surface area (Å²) in [4.78, 5) is 1.14. The molecule has 0 saturated carbocycles. The van der Waals surface area contributed by atoms with Crippen LogP contribution in [-0.4, -0.2) is 14.8 Å². The summed E-state index contributed by atoms with van der Waals surface area (Å²) in [7, 11) is 0. The third-order valence-electron chi connectivity index (χ3n) is 5.21. The second-order valence-electron chi connectivity index (χ2n) is 6.76. The molecule has 28 heavy (non-hydrogen) atoms. The quantitative estimate of drug-likeness (QED) is 0.347. The molecule has 6 rings (SSSR count). The van der Waals surface area contributed by atoms with Gasteiger partial charge in [0, 0.05) is 21.5 Å². The molecule has 0 atom stereocenters. The van der Waals surface area contributed by atoms with E-state index in [-0.39, 0.29) is 0 Å². The van der Waals surface area contributed by atoms with Gasteiger partial charge in [0.2, 0.25) is 0 Å². The first-order chi connectivity index (χ1) is 13.9. The smallest absolute Gasteiger partial charge is 0.168 e. The van der Waals surface area contributed by atoms with Crippen molar-refractivity contribution in [2.24, 2.45) is 0 Å². The first-order valence-electron chi connectivity index (χ1n) is 9.20. The summed E-state index contributed by atoms with van der Waals surface area (Å²) >= 11 is 1.69. The van der Waals surface area contributed by atoms with Crippen molar-refractivity contribution in [2.75, 3.05) is 0 Å². The summed E-state index contributed by atoms with van der Waals surface area (Å²) in [6.45, 7) is 0. The molecule has 0 radical (unpaired) electrons. The van der Waals surface area contributed by atoms with Crippen LogP contribution in [0.3, 0.4) is 0 Å². The minimum atomic E-state index is 0.869. The topological polar surface area (TPSA) is 30.7 Å². The second-order valence-corrected chi connectivity index (χ2v) is 7.71. The van der Waals surface area contributed by atoms with Crippen LogP contribution in [0.2, 0.25) is 0 Å². The van der Waals surface area contributed by atoms with Crippen molar-refractivity contribution in [3.05, 3.63) is 90.3 Å². The van der Waals surface area contributed by atoms with Crippen molar-refractivity contribution in [1.82, 2.24) is 14.8 Å². The number of para-hydroxylation sites is 2. The molecule has 3 aromatic heterocycles. The summed E-state index contributed by atoms with van der Waals surface area (Å²) in [6.07, 6.45) is 0. The van der Waals surface area contributed by atoms with E-state index in [1.54, 1.807) is 11.3 Å². The lowest BCUT2D eigenvalue weighted by molar-refractivity contribution is 0.978. The highest BCUT2D eigenvalue weighted by atomic mass is 32.1. The zero-order chi connectivity index (χ0) is 18.5. The maximum atomic E-state index is 4.73. The summed E-state index contributed by atoms with van der Waals surface area (Å²) in [5.41, 5.74) is 3.23.